The maximum Gasteiger partial charge on any atom is 0.414 e. The average Bonchev–Trinajstić information content (AvgIpc) is 2.66. The van der Waals surface area contributed by atoms with E-state index in [0.29, 0.717) is 0 Å². The molecule has 182 valence electrons. The van der Waals surface area contributed by atoms with Crippen LogP contribution < -0.4 is 0 Å². The Balaban J connectivity index is -0.000000380. The lowest BCUT2D eigenvalue weighted by molar-refractivity contribution is -0.159. The van der Waals surface area contributed by atoms with Gasteiger partial charge in [-0.3, -0.25) is 19.2 Å². The molecule has 0 radical (unpaired) electrons. The van der Waals surface area contributed by atoms with Gasteiger partial charge in [-0.15, -0.1) is 0 Å². The smallest absolute Gasteiger partial charge is 0.414 e. The molecule has 16 heteroatoms. The fraction of sp³-hybridized carbons (Fsp3) is 0.176. The molecule has 0 unspecified atom stereocenters. The third-order valence-electron chi connectivity index (χ3n) is 2.43. The predicted molar refractivity (Wildman–Crippen MR) is 100 cm³/mol. The highest BCUT2D eigenvalue weighted by atomic mass is 16.4. The average molecular weight is 478 g/mol. The van der Waals surface area contributed by atoms with Crippen molar-refractivity contribution >= 4 is 47.8 Å². The summed E-state index contributed by atoms with van der Waals surface area (Å²) in [4.78, 5) is 77.3. The first kappa shape index (κ1) is 32.6. The molecule has 1 aromatic rings. The molecular formula is C17H18O16. The van der Waals surface area contributed by atoms with E-state index in [4.69, 9.17) is 50.4 Å². The van der Waals surface area contributed by atoms with E-state index in [1.807, 2.05) is 0 Å². The van der Waals surface area contributed by atoms with Gasteiger partial charge in [-0.1, -0.05) is 12.1 Å². The predicted octanol–water partition coefficient (Wildman–Crippen LogP) is -0.280. The van der Waals surface area contributed by atoms with E-state index in [-0.39, 0.29) is 24.0 Å². The van der Waals surface area contributed by atoms with Crippen LogP contribution in [0.4, 0.5) is 0 Å². The van der Waals surface area contributed by atoms with E-state index < -0.39 is 54.2 Å². The van der Waals surface area contributed by atoms with Crippen molar-refractivity contribution < 1.29 is 79.2 Å². The van der Waals surface area contributed by atoms with Crippen LogP contribution in [0.25, 0.3) is 0 Å². The van der Waals surface area contributed by atoms with Gasteiger partial charge in [0.25, 0.3) is 0 Å². The second-order valence-electron chi connectivity index (χ2n) is 5.02. The number of benzene rings is 1. The zero-order chi connectivity index (χ0) is 26.7. The second-order valence-corrected chi connectivity index (χ2v) is 5.02. The summed E-state index contributed by atoms with van der Waals surface area (Å²) in [6.07, 6.45) is -1.40. The first-order valence-electron chi connectivity index (χ1n) is 7.91. The Hall–Kier alpha value is -5.02. The van der Waals surface area contributed by atoms with Gasteiger partial charge in [0.15, 0.2) is 0 Å². The third kappa shape index (κ3) is 23.1. The summed E-state index contributed by atoms with van der Waals surface area (Å²) < 4.78 is 0. The Kier molecular flexibility index (Phi) is 17.6. The Morgan fingerprint density at radius 3 is 0.879 bits per heavy atom. The van der Waals surface area contributed by atoms with E-state index >= 15 is 0 Å². The Labute approximate surface area is 182 Å². The second kappa shape index (κ2) is 17.8. The molecule has 0 spiro atoms. The highest BCUT2D eigenvalue weighted by molar-refractivity contribution is 6.27. The molecular weight excluding hydrogens is 460 g/mol. The largest absolute Gasteiger partial charge is 0.481 e. The van der Waals surface area contributed by atoms with Crippen LogP contribution in [-0.4, -0.2) is 88.6 Å². The van der Waals surface area contributed by atoms with E-state index in [2.05, 4.69) is 0 Å². The van der Waals surface area contributed by atoms with Crippen LogP contribution in [0.3, 0.4) is 0 Å². The van der Waals surface area contributed by atoms with Crippen molar-refractivity contribution in [2.45, 2.75) is 19.3 Å². The zero-order valence-corrected chi connectivity index (χ0v) is 16.3. The number of carboxylic acid groups (broad SMARTS) is 8. The number of aromatic carboxylic acids is 2. The number of rotatable bonds is 7. The number of hydrogen-bond acceptors (Lipinski definition) is 8. The Morgan fingerprint density at radius 1 is 0.485 bits per heavy atom. The molecule has 0 heterocycles. The molecule has 0 aliphatic rings. The van der Waals surface area contributed by atoms with Crippen molar-refractivity contribution in [3.63, 3.8) is 0 Å². The van der Waals surface area contributed by atoms with E-state index in [1.54, 1.807) is 0 Å². The van der Waals surface area contributed by atoms with Gasteiger partial charge < -0.3 is 40.9 Å². The Morgan fingerprint density at radius 2 is 0.758 bits per heavy atom. The van der Waals surface area contributed by atoms with Crippen molar-refractivity contribution in [3.8, 4) is 0 Å². The fourth-order valence-electron chi connectivity index (χ4n) is 1.20. The number of carboxylic acids is 8. The van der Waals surface area contributed by atoms with Crippen LogP contribution in [0.1, 0.15) is 40.0 Å². The topological polar surface area (TPSA) is 298 Å². The number of carbonyl (C=O) groups is 8. The minimum atomic E-state index is -1.82. The highest BCUT2D eigenvalue weighted by Crippen LogP contribution is 2.07. The van der Waals surface area contributed by atoms with Gasteiger partial charge in [0, 0.05) is 0 Å². The van der Waals surface area contributed by atoms with E-state index in [9.17, 15) is 28.8 Å². The fourth-order valence-corrected chi connectivity index (χ4v) is 1.20. The molecule has 0 bridgehead atoms. The molecule has 1 rings (SSSR count). The van der Waals surface area contributed by atoms with Crippen molar-refractivity contribution in [1.29, 1.82) is 0 Å². The first-order valence-corrected chi connectivity index (χ1v) is 7.91. The molecule has 8 N–H and O–H groups in total. The van der Waals surface area contributed by atoms with Gasteiger partial charge in [-0.05, 0) is 12.1 Å². The van der Waals surface area contributed by atoms with Gasteiger partial charge in [0.05, 0.1) is 24.0 Å². The molecule has 0 aromatic heterocycles. The van der Waals surface area contributed by atoms with Gasteiger partial charge >= 0.3 is 47.8 Å². The van der Waals surface area contributed by atoms with Crippen LogP contribution in [0.15, 0.2) is 24.3 Å². The summed E-state index contributed by atoms with van der Waals surface area (Å²) in [6, 6.07) is 5.48. The minimum Gasteiger partial charge on any atom is -0.481 e. The molecule has 0 aliphatic carbocycles. The highest BCUT2D eigenvalue weighted by Gasteiger charge is 2.13. The molecule has 0 amide bonds. The summed E-state index contributed by atoms with van der Waals surface area (Å²) >= 11 is 0. The zero-order valence-electron chi connectivity index (χ0n) is 16.3. The molecule has 16 nitrogen and oxygen atoms in total. The molecule has 0 atom stereocenters. The van der Waals surface area contributed by atoms with Crippen molar-refractivity contribution in [1.82, 2.24) is 0 Å². The minimum absolute atomic E-state index is 0.190. The van der Waals surface area contributed by atoms with Crippen LogP contribution in [0.2, 0.25) is 0 Å². The summed E-state index contributed by atoms with van der Waals surface area (Å²) in [5.41, 5.74) is -0.380. The van der Waals surface area contributed by atoms with Crippen molar-refractivity contribution in [2.75, 3.05) is 0 Å². The molecule has 0 saturated carbocycles. The lowest BCUT2D eigenvalue weighted by Gasteiger charge is -1.98. The quantitative estimate of drug-likeness (QED) is 0.184. The van der Waals surface area contributed by atoms with Gasteiger partial charge in [0.1, 0.15) is 6.42 Å². The van der Waals surface area contributed by atoms with Crippen molar-refractivity contribution in [2.24, 2.45) is 0 Å². The molecule has 33 heavy (non-hydrogen) atoms. The third-order valence-corrected chi connectivity index (χ3v) is 2.43. The lowest BCUT2D eigenvalue weighted by atomic mass is 10.1. The van der Waals surface area contributed by atoms with Gasteiger partial charge in [-0.2, -0.15) is 0 Å². The number of aliphatic carboxylic acids is 6. The maximum absolute atomic E-state index is 10.5. The van der Waals surface area contributed by atoms with Crippen LogP contribution in [0.5, 0.6) is 0 Å². The summed E-state index contributed by atoms with van der Waals surface area (Å²) in [6.45, 7) is 0. The van der Waals surface area contributed by atoms with Crippen LogP contribution in [-0.2, 0) is 28.8 Å². The summed E-state index contributed by atoms with van der Waals surface area (Å²) in [7, 11) is 0. The molecule has 1 aromatic carbocycles. The monoisotopic (exact) mass is 478 g/mol. The molecule has 0 aliphatic heterocycles. The van der Waals surface area contributed by atoms with E-state index in [1.165, 1.54) is 24.3 Å². The van der Waals surface area contributed by atoms with Gasteiger partial charge in [-0.25, -0.2) is 19.2 Å². The Bertz CT molecular complexity index is 814. The number of hydrogen-bond donors (Lipinski definition) is 8. The maximum atomic E-state index is 10.5. The summed E-state index contributed by atoms with van der Waals surface area (Å²) in [5.74, 6) is -10.9. The lowest BCUT2D eigenvalue weighted by Crippen LogP contribution is -2.09. The normalized spacial score (nSPS) is 8.48. The standard InChI is InChI=1S/C8H6O4.C4H6O4.C3H4O4.C2H2O4/c9-7(10)5-3-1-2-4-6(5)8(11)12;5-3(6)1-2-4(7)8;4-2(5)1-3(6)7;3-1(4)2(5)6/h1-4H,(H,9,10)(H,11,12);1-2H2,(H,5,6)(H,7,8);1H2,(H,4,5)(H,6,7);(H,3,4)(H,5,6). The van der Waals surface area contributed by atoms with Gasteiger partial charge in [0.2, 0.25) is 0 Å². The van der Waals surface area contributed by atoms with Crippen LogP contribution in [0, 0.1) is 0 Å². The molecule has 0 fully saturated rings. The van der Waals surface area contributed by atoms with Crippen molar-refractivity contribution in [3.05, 3.63) is 35.4 Å². The summed E-state index contributed by atoms with van der Waals surface area (Å²) in [5, 5.41) is 63.1. The molecule has 0 saturated heterocycles. The van der Waals surface area contributed by atoms with E-state index in [0.717, 1.165) is 0 Å². The van der Waals surface area contributed by atoms with Crippen LogP contribution >= 0.6 is 0 Å². The SMILES string of the molecule is O=C(O)C(=O)O.O=C(O)CC(=O)O.O=C(O)CCC(=O)O.O=C(O)c1ccccc1C(=O)O. The first-order chi connectivity index (χ1) is 15.0.